The molecule has 254 valence electrons. The van der Waals surface area contributed by atoms with E-state index in [1.54, 1.807) is 6.07 Å². The summed E-state index contributed by atoms with van der Waals surface area (Å²) < 4.78 is 37.5. The molecule has 2 saturated heterocycles. The highest BCUT2D eigenvalue weighted by Crippen LogP contribution is 2.37. The number of anilines is 1. The van der Waals surface area contributed by atoms with E-state index in [2.05, 4.69) is 27.7 Å². The Balaban J connectivity index is 0.000000738. The predicted octanol–water partition coefficient (Wildman–Crippen LogP) is 4.03. The molecule has 2 fully saturated rings. The number of ether oxygens (including phenoxy) is 1. The maximum atomic E-state index is 12.7. The molecular formula is C30H37Cl2F3N4O7. The second-order valence-electron chi connectivity index (χ2n) is 11.5. The fraction of sp³-hybridized carbons (Fsp3) is 0.500. The van der Waals surface area contributed by atoms with Gasteiger partial charge >= 0.3 is 18.1 Å². The zero-order valence-electron chi connectivity index (χ0n) is 25.4. The zero-order chi connectivity index (χ0) is 34.4. The predicted molar refractivity (Wildman–Crippen MR) is 166 cm³/mol. The number of nitrogens with one attached hydrogen (secondary N) is 2. The van der Waals surface area contributed by atoms with Crippen LogP contribution in [0.25, 0.3) is 0 Å². The molecule has 2 aromatic rings. The number of carbonyl (C=O) groups excluding carboxylic acids is 1. The van der Waals surface area contributed by atoms with Crippen molar-refractivity contribution in [1.29, 1.82) is 0 Å². The lowest BCUT2D eigenvalue weighted by Gasteiger charge is -2.34. The second-order valence-corrected chi connectivity index (χ2v) is 12.4. The third-order valence-corrected chi connectivity index (χ3v) is 8.18. The van der Waals surface area contributed by atoms with Gasteiger partial charge in [-0.05, 0) is 63.5 Å². The maximum Gasteiger partial charge on any atom is 0.490 e. The first-order valence-electron chi connectivity index (χ1n) is 14.3. The van der Waals surface area contributed by atoms with Crippen LogP contribution in [0.1, 0.15) is 42.6 Å². The molecule has 5 N–H and O–H groups in total. The Kier molecular flexibility index (Phi) is 12.5. The summed E-state index contributed by atoms with van der Waals surface area (Å²) in [5.74, 6) is -4.08. The van der Waals surface area contributed by atoms with Gasteiger partial charge in [0.15, 0.2) is 5.60 Å². The van der Waals surface area contributed by atoms with Crippen LogP contribution in [0.15, 0.2) is 36.4 Å². The van der Waals surface area contributed by atoms with Crippen LogP contribution in [0.4, 0.5) is 18.9 Å². The van der Waals surface area contributed by atoms with Crippen molar-refractivity contribution in [1.82, 2.24) is 15.5 Å². The number of piperidine rings is 1. The molecule has 2 aliphatic heterocycles. The highest BCUT2D eigenvalue weighted by atomic mass is 35.5. The lowest BCUT2D eigenvalue weighted by Crippen LogP contribution is -2.49. The Morgan fingerprint density at radius 2 is 1.59 bits per heavy atom. The van der Waals surface area contributed by atoms with Crippen LogP contribution in [-0.4, -0.2) is 101 Å². The van der Waals surface area contributed by atoms with E-state index < -0.39 is 29.8 Å². The number of aliphatic hydroxyl groups is 1. The molecule has 46 heavy (non-hydrogen) atoms. The van der Waals surface area contributed by atoms with Gasteiger partial charge in [0.1, 0.15) is 5.75 Å². The average molecular weight is 694 g/mol. The summed E-state index contributed by atoms with van der Waals surface area (Å²) in [6.45, 7) is 6.41. The van der Waals surface area contributed by atoms with Crippen LogP contribution < -0.4 is 20.3 Å². The van der Waals surface area contributed by atoms with Crippen molar-refractivity contribution in [3.05, 3.63) is 57.6 Å². The molecule has 0 bridgehead atoms. The molecule has 0 spiro atoms. The fourth-order valence-corrected chi connectivity index (χ4v) is 5.40. The van der Waals surface area contributed by atoms with Crippen LogP contribution in [0.2, 0.25) is 10.0 Å². The van der Waals surface area contributed by atoms with Gasteiger partial charge in [-0.15, -0.1) is 0 Å². The number of carboxylic acids is 2. The number of aliphatic carboxylic acids is 2. The van der Waals surface area contributed by atoms with Crippen molar-refractivity contribution in [3.63, 3.8) is 0 Å². The SMILES string of the molecule is CNC(=O)c1cc(Cl)c(OC(C)(C)C(=O)O)cc1N1CC(NC2CCN(Cc3ccc(Cl)cc3)CC2)[C@H](O)C1.O=C(O)C(F)(F)F. The van der Waals surface area contributed by atoms with E-state index in [0.29, 0.717) is 24.3 Å². The number of alkyl halides is 3. The second kappa shape index (κ2) is 15.5. The zero-order valence-corrected chi connectivity index (χ0v) is 26.9. The van der Waals surface area contributed by atoms with Gasteiger partial charge in [-0.2, -0.15) is 13.2 Å². The number of benzene rings is 2. The number of aliphatic hydroxyl groups excluding tert-OH is 1. The van der Waals surface area contributed by atoms with E-state index in [1.807, 2.05) is 17.0 Å². The number of nitrogens with zero attached hydrogens (tertiary/aromatic N) is 2. The van der Waals surface area contributed by atoms with Crippen molar-refractivity contribution < 1.29 is 47.6 Å². The van der Waals surface area contributed by atoms with Gasteiger partial charge in [-0.25, -0.2) is 9.59 Å². The fourth-order valence-electron chi connectivity index (χ4n) is 5.07. The van der Waals surface area contributed by atoms with Crippen LogP contribution >= 0.6 is 23.2 Å². The molecule has 2 heterocycles. The first-order chi connectivity index (χ1) is 21.4. The molecular weight excluding hydrogens is 656 g/mol. The summed E-state index contributed by atoms with van der Waals surface area (Å²) in [4.78, 5) is 37.5. The number of hydrogen-bond acceptors (Lipinski definition) is 8. The number of likely N-dealkylation sites (tertiary alicyclic amines) is 1. The highest BCUT2D eigenvalue weighted by Gasteiger charge is 2.38. The van der Waals surface area contributed by atoms with Crippen molar-refractivity contribution >= 4 is 46.7 Å². The topological polar surface area (TPSA) is 152 Å². The van der Waals surface area contributed by atoms with Gasteiger partial charge in [-0.3, -0.25) is 9.69 Å². The van der Waals surface area contributed by atoms with E-state index in [9.17, 15) is 33.0 Å². The summed E-state index contributed by atoms with van der Waals surface area (Å²) in [6.07, 6.45) is -3.81. The van der Waals surface area contributed by atoms with Gasteiger partial charge in [0.25, 0.3) is 5.91 Å². The summed E-state index contributed by atoms with van der Waals surface area (Å²) in [5, 5.41) is 34.7. The summed E-state index contributed by atoms with van der Waals surface area (Å²) in [6, 6.07) is 11.1. The number of rotatable bonds is 9. The normalized spacial score (nSPS) is 19.3. The van der Waals surface area contributed by atoms with Crippen molar-refractivity contribution in [3.8, 4) is 5.75 Å². The molecule has 1 unspecified atom stereocenters. The molecule has 4 rings (SSSR count). The molecule has 1 amide bonds. The van der Waals surface area contributed by atoms with Gasteiger partial charge < -0.3 is 35.6 Å². The summed E-state index contributed by atoms with van der Waals surface area (Å²) >= 11 is 12.4. The Hall–Kier alpha value is -3.30. The Bertz CT molecular complexity index is 1390. The number of halogens is 5. The third kappa shape index (κ3) is 10.1. The number of amides is 1. The van der Waals surface area contributed by atoms with Crippen LogP contribution in [-0.2, 0) is 16.1 Å². The first kappa shape index (κ1) is 37.2. The van der Waals surface area contributed by atoms with Gasteiger partial charge in [0.2, 0.25) is 0 Å². The average Bonchev–Trinajstić information content (AvgIpc) is 3.34. The lowest BCUT2D eigenvalue weighted by atomic mass is 10.0. The molecule has 2 aromatic carbocycles. The lowest BCUT2D eigenvalue weighted by molar-refractivity contribution is -0.192. The summed E-state index contributed by atoms with van der Waals surface area (Å²) in [5.41, 5.74) is 0.562. The summed E-state index contributed by atoms with van der Waals surface area (Å²) in [7, 11) is 1.53. The molecule has 16 heteroatoms. The number of β-amino-alcohol motifs (C(OH)–C–C–N with tert-alkyl or cyclic N) is 1. The highest BCUT2D eigenvalue weighted by molar-refractivity contribution is 6.32. The quantitative estimate of drug-likeness (QED) is 0.261. The van der Waals surface area contributed by atoms with E-state index in [1.165, 1.54) is 32.5 Å². The van der Waals surface area contributed by atoms with Gasteiger partial charge in [0.05, 0.1) is 28.4 Å². The van der Waals surface area contributed by atoms with Crippen molar-refractivity contribution in [2.24, 2.45) is 0 Å². The number of hydrogen-bond donors (Lipinski definition) is 5. The van der Waals surface area contributed by atoms with E-state index in [-0.39, 0.29) is 28.8 Å². The molecule has 0 radical (unpaired) electrons. The molecule has 2 atom stereocenters. The molecule has 2 aliphatic rings. The van der Waals surface area contributed by atoms with Gasteiger partial charge in [0, 0.05) is 43.8 Å². The van der Waals surface area contributed by atoms with E-state index in [0.717, 1.165) is 37.5 Å². The standard InChI is InChI=1S/C28H36Cl2N4O5.C2HF3O2/c1-28(2,27(37)38)39-25-13-23(20(12-21(25)30)26(36)31-3)34-15-22(24(35)16-34)32-19-8-10-33(11-9-19)14-17-4-6-18(29)7-5-17;3-2(4,5)1(6)7/h4-7,12-13,19,22,24,32,35H,8-11,14-16H2,1-3H3,(H,31,36)(H,37,38);(H,6,7)/t22?,24-;/m1./s1. The molecule has 11 nitrogen and oxygen atoms in total. The van der Waals surface area contributed by atoms with Crippen molar-refractivity contribution in [2.45, 2.75) is 63.2 Å². The molecule has 0 saturated carbocycles. The van der Waals surface area contributed by atoms with Crippen LogP contribution in [0, 0.1) is 0 Å². The Labute approximate surface area is 274 Å². The minimum absolute atomic E-state index is 0.131. The largest absolute Gasteiger partial charge is 0.490 e. The maximum absolute atomic E-state index is 12.7. The van der Waals surface area contributed by atoms with E-state index in [4.69, 9.17) is 37.8 Å². The smallest absolute Gasteiger partial charge is 0.478 e. The minimum atomic E-state index is -5.08. The van der Waals surface area contributed by atoms with E-state index >= 15 is 0 Å². The molecule has 0 aromatic heterocycles. The number of carbonyl (C=O) groups is 3. The molecule has 0 aliphatic carbocycles. The minimum Gasteiger partial charge on any atom is -0.478 e. The van der Waals surface area contributed by atoms with Gasteiger partial charge in [-0.1, -0.05) is 35.3 Å². The van der Waals surface area contributed by atoms with Crippen molar-refractivity contribution in [2.75, 3.05) is 38.1 Å². The van der Waals surface area contributed by atoms with Crippen LogP contribution in [0.5, 0.6) is 5.75 Å². The number of carboxylic acid groups (broad SMARTS) is 2. The monoisotopic (exact) mass is 692 g/mol. The van der Waals surface area contributed by atoms with Crippen LogP contribution in [0.3, 0.4) is 0 Å². The Morgan fingerprint density at radius 3 is 2.11 bits per heavy atom. The Morgan fingerprint density at radius 1 is 1.00 bits per heavy atom. The third-order valence-electron chi connectivity index (χ3n) is 7.63. The first-order valence-corrected chi connectivity index (χ1v) is 15.1.